The van der Waals surface area contributed by atoms with Gasteiger partial charge in [0.05, 0.1) is 38.6 Å². The van der Waals surface area contributed by atoms with Crippen LogP contribution < -0.4 is 15.5 Å². The monoisotopic (exact) mass is 587 g/mol. The molecule has 0 radical (unpaired) electrons. The number of ether oxygens (including phenoxy) is 1. The Balaban J connectivity index is 1.20. The van der Waals surface area contributed by atoms with E-state index in [4.69, 9.17) is 21.4 Å². The van der Waals surface area contributed by atoms with E-state index in [0.29, 0.717) is 49.2 Å². The average Bonchev–Trinajstić information content (AvgIpc) is 3.80. The smallest absolute Gasteiger partial charge is 0.250 e. The molecule has 3 aliphatic rings. The van der Waals surface area contributed by atoms with Gasteiger partial charge in [-0.05, 0) is 67.0 Å². The Morgan fingerprint density at radius 1 is 1.00 bits per heavy atom. The van der Waals surface area contributed by atoms with Gasteiger partial charge in [0.1, 0.15) is 11.3 Å². The predicted octanol–water partition coefficient (Wildman–Crippen LogP) is 4.33. The first-order valence-electron chi connectivity index (χ1n) is 14.7. The largest absolute Gasteiger partial charge is 0.467 e. The lowest BCUT2D eigenvalue weighted by Gasteiger charge is -2.40. The summed E-state index contributed by atoms with van der Waals surface area (Å²) in [6, 6.07) is 21.7. The number of hydrogen-bond acceptors (Lipinski definition) is 6. The molecule has 1 saturated carbocycles. The van der Waals surface area contributed by atoms with Gasteiger partial charge in [-0.2, -0.15) is 0 Å². The summed E-state index contributed by atoms with van der Waals surface area (Å²) in [5, 5.41) is 7.04. The molecule has 0 unspecified atom stereocenters. The summed E-state index contributed by atoms with van der Waals surface area (Å²) in [6.45, 7) is 4.00. The molecule has 2 aliphatic heterocycles. The number of carbonyl (C=O) groups is 2. The van der Waals surface area contributed by atoms with Crippen LogP contribution in [-0.2, 0) is 20.9 Å². The van der Waals surface area contributed by atoms with Crippen molar-refractivity contribution < 1.29 is 18.7 Å². The van der Waals surface area contributed by atoms with Crippen LogP contribution in [-0.4, -0.2) is 71.7 Å². The third kappa shape index (κ3) is 6.00. The van der Waals surface area contributed by atoms with Crippen LogP contribution >= 0.6 is 12.2 Å². The molecule has 1 aliphatic carbocycles. The highest BCUT2D eigenvalue weighted by atomic mass is 32.1. The second-order valence-electron chi connectivity index (χ2n) is 11.2. The molecule has 10 heteroatoms. The summed E-state index contributed by atoms with van der Waals surface area (Å²) < 4.78 is 11.1. The first-order valence-corrected chi connectivity index (χ1v) is 15.1. The van der Waals surface area contributed by atoms with E-state index in [-0.39, 0.29) is 30.9 Å². The Hall–Kier alpha value is -3.89. The number of anilines is 2. The lowest BCUT2D eigenvalue weighted by molar-refractivity contribution is -0.146. The minimum absolute atomic E-state index is 0.00852. The fourth-order valence-corrected chi connectivity index (χ4v) is 6.57. The van der Waals surface area contributed by atoms with E-state index in [9.17, 15) is 9.59 Å². The fraction of sp³-hybridized carbons (Fsp3) is 0.406. The molecule has 1 aromatic heterocycles. The zero-order chi connectivity index (χ0) is 28.9. The maximum atomic E-state index is 14.1. The van der Waals surface area contributed by atoms with E-state index < -0.39 is 5.54 Å². The maximum absolute atomic E-state index is 14.1. The summed E-state index contributed by atoms with van der Waals surface area (Å²) in [7, 11) is 0. The molecule has 42 heavy (non-hydrogen) atoms. The maximum Gasteiger partial charge on any atom is 0.250 e. The van der Waals surface area contributed by atoms with Gasteiger partial charge in [0.2, 0.25) is 11.8 Å². The van der Waals surface area contributed by atoms with Gasteiger partial charge in [0, 0.05) is 31.0 Å². The molecular formula is C32H37N5O4S. The van der Waals surface area contributed by atoms with Crippen molar-refractivity contribution in [3.05, 3.63) is 84.3 Å². The van der Waals surface area contributed by atoms with Crippen molar-refractivity contribution in [2.45, 2.75) is 43.8 Å². The van der Waals surface area contributed by atoms with Crippen molar-refractivity contribution in [3.63, 3.8) is 0 Å². The highest BCUT2D eigenvalue weighted by Gasteiger charge is 2.49. The zero-order valence-electron chi connectivity index (χ0n) is 23.7. The minimum Gasteiger partial charge on any atom is -0.467 e. The average molecular weight is 588 g/mol. The molecule has 3 aromatic rings. The summed E-state index contributed by atoms with van der Waals surface area (Å²) in [4.78, 5) is 34.2. The second-order valence-corrected chi connectivity index (χ2v) is 11.6. The number of rotatable bonds is 9. The predicted molar refractivity (Wildman–Crippen MR) is 165 cm³/mol. The van der Waals surface area contributed by atoms with Gasteiger partial charge in [-0.1, -0.05) is 43.2 Å². The third-order valence-electron chi connectivity index (χ3n) is 8.58. The van der Waals surface area contributed by atoms with E-state index in [1.807, 2.05) is 53.4 Å². The molecule has 3 fully saturated rings. The van der Waals surface area contributed by atoms with Gasteiger partial charge in [-0.25, -0.2) is 0 Å². The van der Waals surface area contributed by atoms with Crippen LogP contribution in [0.2, 0.25) is 0 Å². The van der Waals surface area contributed by atoms with Crippen LogP contribution in [0.15, 0.2) is 77.4 Å². The molecule has 9 nitrogen and oxygen atoms in total. The summed E-state index contributed by atoms with van der Waals surface area (Å²) in [5.41, 5.74) is 1.95. The number of benzene rings is 2. The molecule has 2 N–H and O–H groups in total. The number of hydrogen-bond donors (Lipinski definition) is 2. The van der Waals surface area contributed by atoms with Crippen molar-refractivity contribution in [1.29, 1.82) is 0 Å². The Labute approximate surface area is 251 Å². The number of amides is 2. The van der Waals surface area contributed by atoms with Crippen molar-refractivity contribution in [3.8, 4) is 0 Å². The summed E-state index contributed by atoms with van der Waals surface area (Å²) in [6.07, 6.45) is 4.51. The van der Waals surface area contributed by atoms with Crippen molar-refractivity contribution >= 4 is 40.5 Å². The normalized spacial score (nSPS) is 19.9. The molecule has 0 bridgehead atoms. The lowest BCUT2D eigenvalue weighted by atomic mass is 9.92. The summed E-state index contributed by atoms with van der Waals surface area (Å²) in [5.74, 6) is 0.328. The van der Waals surface area contributed by atoms with Gasteiger partial charge in [-0.3, -0.25) is 9.59 Å². The van der Waals surface area contributed by atoms with Gasteiger partial charge < -0.3 is 34.5 Å². The van der Waals surface area contributed by atoms with E-state index >= 15 is 0 Å². The number of carbonyl (C=O) groups excluding carboxylic acids is 2. The van der Waals surface area contributed by atoms with Crippen molar-refractivity contribution in [2.24, 2.45) is 0 Å². The van der Waals surface area contributed by atoms with Crippen LogP contribution in [0.25, 0.3) is 0 Å². The number of thiocarbonyl (C=S) groups is 1. The Kier molecular flexibility index (Phi) is 8.43. The van der Waals surface area contributed by atoms with Gasteiger partial charge >= 0.3 is 0 Å². The number of nitrogens with one attached hydrogen (secondary N) is 2. The lowest BCUT2D eigenvalue weighted by Crippen LogP contribution is -2.59. The van der Waals surface area contributed by atoms with Crippen LogP contribution in [0, 0.1) is 0 Å². The highest BCUT2D eigenvalue weighted by Crippen LogP contribution is 2.38. The van der Waals surface area contributed by atoms with Gasteiger partial charge in [0.15, 0.2) is 5.11 Å². The Morgan fingerprint density at radius 3 is 2.43 bits per heavy atom. The molecule has 220 valence electrons. The number of nitrogens with zero attached hydrogens (tertiary/aromatic N) is 3. The number of furan rings is 1. The third-order valence-corrected chi connectivity index (χ3v) is 8.96. The molecular weight excluding hydrogens is 550 g/mol. The molecule has 1 atom stereocenters. The van der Waals surface area contributed by atoms with Gasteiger partial charge in [-0.15, -0.1) is 0 Å². The highest BCUT2D eigenvalue weighted by molar-refractivity contribution is 7.80. The first-order chi connectivity index (χ1) is 20.5. The van der Waals surface area contributed by atoms with Crippen molar-refractivity contribution in [1.82, 2.24) is 15.1 Å². The molecule has 2 aromatic carbocycles. The first kappa shape index (κ1) is 28.2. The van der Waals surface area contributed by atoms with E-state index in [0.717, 1.165) is 37.2 Å². The minimum atomic E-state index is -0.986. The quantitative estimate of drug-likeness (QED) is 0.358. The Bertz CT molecular complexity index is 1370. The summed E-state index contributed by atoms with van der Waals surface area (Å²) >= 11 is 5.63. The molecule has 2 amide bonds. The molecule has 6 rings (SSSR count). The van der Waals surface area contributed by atoms with Crippen LogP contribution in [0.5, 0.6) is 0 Å². The Morgan fingerprint density at radius 2 is 1.74 bits per heavy atom. The zero-order valence-corrected chi connectivity index (χ0v) is 24.5. The topological polar surface area (TPSA) is 90.3 Å². The van der Waals surface area contributed by atoms with E-state index in [1.54, 1.807) is 17.2 Å². The van der Waals surface area contributed by atoms with Gasteiger partial charge in [0.25, 0.3) is 0 Å². The van der Waals surface area contributed by atoms with E-state index in [2.05, 4.69) is 27.7 Å². The fourth-order valence-electron chi connectivity index (χ4n) is 6.29. The molecule has 2 saturated heterocycles. The van der Waals surface area contributed by atoms with E-state index in [1.165, 1.54) is 0 Å². The van der Waals surface area contributed by atoms with Crippen LogP contribution in [0.3, 0.4) is 0 Å². The number of morpholine rings is 1. The standard InChI is InChI=1S/C32H37N5O4S/c38-29(23-36-22-28(34-31(36)42)24-7-2-1-3-8-24)37(21-27-9-6-18-41-27)32(14-4-5-15-32)30(39)33-25-10-12-26(13-11-25)35-16-19-40-20-17-35/h1-3,6-13,18,28H,4-5,14-17,19-23H2,(H,33,39)(H,34,42)/t28-/m0/s1. The van der Waals surface area contributed by atoms with Crippen LogP contribution in [0.4, 0.5) is 11.4 Å². The van der Waals surface area contributed by atoms with Crippen LogP contribution in [0.1, 0.15) is 43.0 Å². The second kappa shape index (κ2) is 12.5. The SMILES string of the molecule is O=C(CN1C[C@@H](c2ccccc2)NC1=S)N(Cc1ccco1)C1(C(=O)Nc2ccc(N3CCOCC3)cc2)CCCC1. The molecule has 3 heterocycles. The van der Waals surface area contributed by atoms with Crippen molar-refractivity contribution in [2.75, 3.05) is 49.6 Å². The molecule has 0 spiro atoms.